The maximum absolute atomic E-state index is 7.63. The molecule has 21 nitrogen and oxygen atoms in total. The normalized spacial score (nSPS) is 42.3. The Balaban J connectivity index is 1.64. The van der Waals surface area contributed by atoms with E-state index >= 15 is 0 Å². The predicted molar refractivity (Wildman–Crippen MR) is 275 cm³/mol. The average Bonchev–Trinajstić information content (AvgIpc) is 3.69. The topological polar surface area (TPSA) is 197 Å². The molecule has 8 bridgehead atoms. The van der Waals surface area contributed by atoms with Crippen molar-refractivity contribution in [3.8, 4) is 0 Å². The van der Waals surface area contributed by atoms with E-state index < -0.39 is 139 Å². The molecule has 7 aliphatic heterocycles. The Bertz CT molecular complexity index is 1650. The number of fused-ring (bicyclic) bond motifs is 1. The van der Waals surface area contributed by atoms with E-state index in [1.165, 1.54) is 0 Å². The van der Waals surface area contributed by atoms with Gasteiger partial charge in [0.05, 0.1) is 12.2 Å². The van der Waals surface area contributed by atoms with Crippen LogP contribution < -0.4 is 0 Å². The van der Waals surface area contributed by atoms with Gasteiger partial charge in [-0.25, -0.2) is 0 Å². The van der Waals surface area contributed by atoms with Crippen LogP contribution in [0.1, 0.15) is 19.3 Å². The molecule has 3 atom stereocenters. The van der Waals surface area contributed by atoms with Crippen molar-refractivity contribution in [1.29, 1.82) is 0 Å². The first-order chi connectivity index (χ1) is 29.2. The minimum Gasteiger partial charge on any atom is -0.396 e. The smallest absolute Gasteiger partial charge is 0.396 e. The van der Waals surface area contributed by atoms with E-state index in [2.05, 4.69) is 13.1 Å². The van der Waals surface area contributed by atoms with Crippen molar-refractivity contribution in [3.05, 3.63) is 0 Å². The highest BCUT2D eigenvalue weighted by Crippen LogP contribution is 2.54. The van der Waals surface area contributed by atoms with Crippen LogP contribution in [0.2, 0.25) is 156 Å². The second-order valence-electron chi connectivity index (χ2n) is 25.2. The van der Waals surface area contributed by atoms with Crippen molar-refractivity contribution in [2.24, 2.45) is 0 Å². The second kappa shape index (κ2) is 17.3. The van der Waals surface area contributed by atoms with Gasteiger partial charge in [-0.2, -0.15) is 0 Å². The third-order valence-electron chi connectivity index (χ3n) is 9.39. The van der Waals surface area contributed by atoms with Gasteiger partial charge in [-0.15, -0.1) is 0 Å². The quantitative estimate of drug-likeness (QED) is 0.104. The van der Waals surface area contributed by atoms with Gasteiger partial charge in [0.1, 0.15) is 0 Å². The zero-order valence-electron chi connectivity index (χ0n) is 43.4. The molecular formula is C29H78O21Si16. The van der Waals surface area contributed by atoms with Gasteiger partial charge < -0.3 is 87.0 Å². The molecule has 0 aromatic rings. The number of epoxide rings is 1. The fraction of sp³-hybridized carbons (Fsp3) is 1.00. The van der Waals surface area contributed by atoms with E-state index in [9.17, 15) is 0 Å². The third kappa shape index (κ3) is 13.9. The number of hydrogen-bond acceptors (Lipinski definition) is 21. The summed E-state index contributed by atoms with van der Waals surface area (Å²) in [6.07, 6.45) is 2.93. The molecule has 7 heterocycles. The highest BCUT2D eigenvalue weighted by Gasteiger charge is 2.92. The predicted octanol–water partition coefficient (Wildman–Crippen LogP) is 7.24. The molecule has 1 aliphatic carbocycles. The number of hydrogen-bond donors (Lipinski definition) is 0. The third-order valence-corrected chi connectivity index (χ3v) is 63.1. The minimum atomic E-state index is -5.13. The van der Waals surface area contributed by atoms with E-state index in [1.54, 1.807) is 0 Å². The number of ether oxygens (including phenoxy) is 1. The molecule has 37 heteroatoms. The van der Waals surface area contributed by atoms with Crippen LogP contribution in [-0.2, 0) is 87.0 Å². The standard InChI is InChI=1S/C29H78O21Si16/c1-51(2,3)31-59-39-60(32-52(4,5)6)42-63(35-55(13,14)15)44-61(40-59,33-53(7,8)9)46-65(37-57(19,20)21)47-62(41-59,34-54(10,11)12)45-64(43-60,36-56(16,17)18)49-66(48-63,50-65)38-58(22,23)27-24-25-28-29(26-27)30-28/h27-29H,24-26H2,1-23H3. The second-order valence-corrected chi connectivity index (χ2v) is 83.1. The molecule has 8 fully saturated rings. The maximum Gasteiger partial charge on any atom is 0.651 e. The van der Waals surface area contributed by atoms with Gasteiger partial charge in [-0.1, -0.05) is 0 Å². The van der Waals surface area contributed by atoms with Crippen molar-refractivity contribution < 1.29 is 87.0 Å². The maximum atomic E-state index is 7.63. The van der Waals surface area contributed by atoms with Crippen LogP contribution in [0.25, 0.3) is 0 Å². The molecule has 0 N–H and O–H groups in total. The average molecular weight is 1210 g/mol. The van der Waals surface area contributed by atoms with E-state index in [1.807, 2.05) is 137 Å². The zero-order chi connectivity index (χ0) is 49.7. The zero-order valence-corrected chi connectivity index (χ0v) is 59.4. The molecule has 0 spiro atoms. The first-order valence-electron chi connectivity index (χ1n) is 22.9. The van der Waals surface area contributed by atoms with Crippen LogP contribution in [0, 0.1) is 0 Å². The van der Waals surface area contributed by atoms with Crippen LogP contribution >= 0.6 is 0 Å². The fourth-order valence-electron chi connectivity index (χ4n) is 7.90. The summed E-state index contributed by atoms with van der Waals surface area (Å²) in [4.78, 5) is 0. The van der Waals surface area contributed by atoms with Gasteiger partial charge in [0.2, 0.25) is 0 Å². The summed E-state index contributed by atoms with van der Waals surface area (Å²) >= 11 is 0. The molecule has 1 saturated carbocycles. The summed E-state index contributed by atoms with van der Waals surface area (Å²) in [7, 11) is -63.7. The lowest BCUT2D eigenvalue weighted by molar-refractivity contribution is -0.129. The highest BCUT2D eigenvalue weighted by molar-refractivity contribution is 7.04. The van der Waals surface area contributed by atoms with Gasteiger partial charge in [0, 0.05) is 0 Å². The Morgan fingerprint density at radius 2 is 0.470 bits per heavy atom. The van der Waals surface area contributed by atoms with Crippen molar-refractivity contribution in [1.82, 2.24) is 0 Å². The first kappa shape index (κ1) is 56.4. The molecule has 8 aliphatic rings. The molecule has 0 radical (unpaired) electrons. The lowest BCUT2D eigenvalue weighted by Gasteiger charge is -2.61. The number of rotatable bonds is 17. The molecule has 0 aromatic heterocycles. The fourth-order valence-corrected chi connectivity index (χ4v) is 74.5. The van der Waals surface area contributed by atoms with Crippen molar-refractivity contribution >= 4 is 139 Å². The minimum absolute atomic E-state index is 0.0781. The molecule has 7 saturated heterocycles. The van der Waals surface area contributed by atoms with E-state index in [0.717, 1.165) is 19.3 Å². The molecule has 0 amide bonds. The Labute approximate surface area is 410 Å². The van der Waals surface area contributed by atoms with E-state index in [0.29, 0.717) is 0 Å². The van der Waals surface area contributed by atoms with Gasteiger partial charge in [0.25, 0.3) is 0 Å². The Morgan fingerprint density at radius 3 is 0.652 bits per heavy atom. The van der Waals surface area contributed by atoms with Crippen LogP contribution in [0.5, 0.6) is 0 Å². The summed E-state index contributed by atoms with van der Waals surface area (Å²) in [5, 5.41) is 0. The van der Waals surface area contributed by atoms with E-state index in [4.69, 9.17) is 87.0 Å². The SMILES string of the molecule is C[Si](C)(C)O[Si]12O[Si]3(O[Si](C)(C)C)O[Si]4(O[Si](C)(C)C)O[Si](O[Si](C)(C)C)(O1)O[Si]1(O[Si](C)(C)C)O[Si](O[Si](C)(C)C)(O2)O[Si](O[Si](C)(C)C)(O3)O[Si](O[Si](C)(C)C2CCC3OC3C2)(O4)O1. The van der Waals surface area contributed by atoms with Crippen molar-refractivity contribution in [3.63, 3.8) is 0 Å². The largest absolute Gasteiger partial charge is 0.651 e. The first-order valence-corrected chi connectivity index (χ1v) is 62.8. The summed E-state index contributed by atoms with van der Waals surface area (Å²) in [6.45, 7) is 45.6. The van der Waals surface area contributed by atoms with Crippen molar-refractivity contribution in [2.45, 2.75) is 188 Å². The monoisotopic (exact) mass is 1210 g/mol. The summed E-state index contributed by atoms with van der Waals surface area (Å²) in [5.41, 5.74) is 0.0781. The van der Waals surface area contributed by atoms with Crippen LogP contribution in [0.4, 0.5) is 0 Å². The van der Waals surface area contributed by atoms with Crippen LogP contribution in [-0.4, -0.2) is 151 Å². The van der Waals surface area contributed by atoms with Gasteiger partial charge in [-0.3, -0.25) is 0 Å². The Hall–Kier alpha value is 2.63. The Morgan fingerprint density at radius 1 is 0.273 bits per heavy atom. The van der Waals surface area contributed by atoms with E-state index in [-0.39, 0.29) is 17.7 Å². The highest BCUT2D eigenvalue weighted by atomic mass is 28.7. The summed E-state index contributed by atoms with van der Waals surface area (Å²) in [6, 6.07) is 0. The molecule has 0 aromatic carbocycles. The molecule has 3 unspecified atom stereocenters. The van der Waals surface area contributed by atoms with Gasteiger partial charge in [0.15, 0.2) is 66.5 Å². The molecule has 66 heavy (non-hydrogen) atoms. The molecular weight excluding hydrogens is 1130 g/mol. The molecule has 8 rings (SSSR count). The Kier molecular flexibility index (Phi) is 14.8. The lowest BCUT2D eigenvalue weighted by atomic mass is 10.0. The summed E-state index contributed by atoms with van der Waals surface area (Å²) in [5.74, 6) is 0. The molecule has 384 valence electrons. The van der Waals surface area contributed by atoms with Gasteiger partial charge in [-0.05, 0) is 175 Å². The van der Waals surface area contributed by atoms with Crippen LogP contribution in [0.3, 0.4) is 0 Å². The van der Waals surface area contributed by atoms with Gasteiger partial charge >= 0.3 is 72.4 Å². The van der Waals surface area contributed by atoms with Crippen molar-refractivity contribution in [2.75, 3.05) is 0 Å². The lowest BCUT2D eigenvalue weighted by Crippen LogP contribution is -2.93. The van der Waals surface area contributed by atoms with Crippen LogP contribution in [0.15, 0.2) is 0 Å². The summed E-state index contributed by atoms with van der Waals surface area (Å²) < 4.78 is 154.